The number of nitrogens with one attached hydrogen (secondary N) is 2. The van der Waals surface area contributed by atoms with Gasteiger partial charge in [0.2, 0.25) is 0 Å². The highest BCUT2D eigenvalue weighted by Crippen LogP contribution is 2.29. The van der Waals surface area contributed by atoms with Crippen molar-refractivity contribution in [3.8, 4) is 0 Å². The summed E-state index contributed by atoms with van der Waals surface area (Å²) in [7, 11) is -3.83. The molecule has 2 rings (SSSR count). The fourth-order valence-electron chi connectivity index (χ4n) is 3.00. The van der Waals surface area contributed by atoms with Crippen LogP contribution in [0.4, 0.5) is 5.69 Å². The Balaban J connectivity index is 1.95. The second-order valence-corrected chi connectivity index (χ2v) is 8.78. The Bertz CT molecular complexity index is 921. The van der Waals surface area contributed by atoms with Gasteiger partial charge >= 0.3 is 0 Å². The number of benzene rings is 2. The van der Waals surface area contributed by atoms with Gasteiger partial charge in [-0.2, -0.15) is 0 Å². The van der Waals surface area contributed by atoms with Gasteiger partial charge in [-0.25, -0.2) is 8.42 Å². The lowest BCUT2D eigenvalue weighted by Crippen LogP contribution is -3.11. The van der Waals surface area contributed by atoms with Crippen LogP contribution in [0.15, 0.2) is 47.4 Å². The third-order valence-electron chi connectivity index (χ3n) is 5.12. The standard InChI is InChI=1S/C22H30N3O3S/c1-5-25(6-2)15-7-14-23-22(26)19-9-12-21(13-10-19)29(27,28)24-20-11-8-17(3)18(4)16-20/h8-13,16H,5-7,14-15H2,1-4H3,(H,23,26)/q-1/p+1. The molecule has 7 heteroatoms. The molecule has 0 atom stereocenters. The van der Waals surface area contributed by atoms with Crippen LogP contribution in [0.3, 0.4) is 0 Å². The summed E-state index contributed by atoms with van der Waals surface area (Å²) in [5.41, 5.74) is 2.89. The van der Waals surface area contributed by atoms with E-state index in [1.165, 1.54) is 29.2 Å². The van der Waals surface area contributed by atoms with E-state index in [0.717, 1.165) is 37.2 Å². The van der Waals surface area contributed by atoms with E-state index >= 15 is 0 Å². The summed E-state index contributed by atoms with van der Waals surface area (Å²) in [5, 5.41) is 2.89. The SMILES string of the molecule is CC[NH+](CC)CCCNC(=O)c1ccc(S(=O)(=O)[N-]c2ccc(C)c(C)c2)cc1. The van der Waals surface area contributed by atoms with Gasteiger partial charge in [-0.3, -0.25) is 4.79 Å². The first-order chi connectivity index (χ1) is 13.8. The van der Waals surface area contributed by atoms with Crippen LogP contribution in [0, 0.1) is 13.8 Å². The average molecular weight is 418 g/mol. The predicted molar refractivity (Wildman–Crippen MR) is 116 cm³/mol. The van der Waals surface area contributed by atoms with E-state index in [9.17, 15) is 13.2 Å². The molecule has 0 aromatic heterocycles. The quantitative estimate of drug-likeness (QED) is 0.583. The summed E-state index contributed by atoms with van der Waals surface area (Å²) in [6, 6.07) is 11.2. The minimum atomic E-state index is -3.83. The molecule has 2 aromatic carbocycles. The molecule has 158 valence electrons. The topological polar surface area (TPSA) is 81.8 Å². The van der Waals surface area contributed by atoms with Crippen molar-refractivity contribution in [2.75, 3.05) is 26.2 Å². The number of rotatable bonds is 10. The highest BCUT2D eigenvalue weighted by Gasteiger charge is 2.09. The van der Waals surface area contributed by atoms with Gasteiger partial charge < -0.3 is 14.9 Å². The maximum atomic E-state index is 12.5. The first-order valence-corrected chi connectivity index (χ1v) is 11.5. The number of carbonyl (C=O) groups excluding carboxylic acids is 1. The van der Waals surface area contributed by atoms with Crippen LogP contribution < -0.4 is 10.2 Å². The van der Waals surface area contributed by atoms with Crippen molar-refractivity contribution in [1.82, 2.24) is 5.32 Å². The Labute approximate surface area is 174 Å². The molecule has 0 saturated carbocycles. The van der Waals surface area contributed by atoms with Crippen molar-refractivity contribution in [3.63, 3.8) is 0 Å². The molecule has 0 aliphatic carbocycles. The van der Waals surface area contributed by atoms with E-state index in [4.69, 9.17) is 0 Å². The Morgan fingerprint density at radius 2 is 1.66 bits per heavy atom. The lowest BCUT2D eigenvalue weighted by atomic mass is 10.1. The number of hydrogen-bond donors (Lipinski definition) is 2. The number of sulfonamides is 1. The van der Waals surface area contributed by atoms with Crippen LogP contribution in [0.25, 0.3) is 4.72 Å². The van der Waals surface area contributed by atoms with Crippen LogP contribution in [0.2, 0.25) is 0 Å². The smallest absolute Gasteiger partial charge is 0.251 e. The van der Waals surface area contributed by atoms with Gasteiger partial charge in [0.1, 0.15) is 10.0 Å². The third kappa shape index (κ3) is 6.58. The van der Waals surface area contributed by atoms with E-state index in [-0.39, 0.29) is 10.8 Å². The lowest BCUT2D eigenvalue weighted by Gasteiger charge is -2.23. The molecule has 2 aromatic rings. The number of nitrogens with zero attached hydrogens (tertiary/aromatic N) is 1. The molecule has 29 heavy (non-hydrogen) atoms. The summed E-state index contributed by atoms with van der Waals surface area (Å²) in [6.07, 6.45) is 0.907. The van der Waals surface area contributed by atoms with Crippen LogP contribution >= 0.6 is 0 Å². The molecule has 2 N–H and O–H groups in total. The molecule has 0 aliphatic rings. The second-order valence-electron chi connectivity index (χ2n) is 7.18. The van der Waals surface area contributed by atoms with Gasteiger partial charge in [0, 0.05) is 18.5 Å². The second kappa shape index (κ2) is 10.4. The van der Waals surface area contributed by atoms with Gasteiger partial charge in [0.05, 0.1) is 24.5 Å². The highest BCUT2D eigenvalue weighted by molar-refractivity contribution is 7.94. The number of aryl methyl sites for hydroxylation is 2. The molecule has 1 amide bonds. The Hall–Kier alpha value is -2.38. The van der Waals surface area contributed by atoms with Gasteiger partial charge in [-0.05, 0) is 63.1 Å². The van der Waals surface area contributed by atoms with Crippen molar-refractivity contribution < 1.29 is 18.1 Å². The van der Waals surface area contributed by atoms with Crippen molar-refractivity contribution in [2.24, 2.45) is 0 Å². The zero-order valence-electron chi connectivity index (χ0n) is 17.7. The summed E-state index contributed by atoms with van der Waals surface area (Å²) in [5.74, 6) is -0.199. The Morgan fingerprint density at radius 3 is 2.24 bits per heavy atom. The molecule has 0 fully saturated rings. The molecule has 0 aliphatic heterocycles. The molecular formula is C22H31N3O3S. The maximum Gasteiger partial charge on any atom is 0.251 e. The van der Waals surface area contributed by atoms with E-state index in [1.807, 2.05) is 19.9 Å². The summed E-state index contributed by atoms with van der Waals surface area (Å²) < 4.78 is 29.0. The summed E-state index contributed by atoms with van der Waals surface area (Å²) in [6.45, 7) is 12.0. The highest BCUT2D eigenvalue weighted by atomic mass is 32.2. The lowest BCUT2D eigenvalue weighted by molar-refractivity contribution is -0.896. The fourth-order valence-corrected chi connectivity index (χ4v) is 3.97. The van der Waals surface area contributed by atoms with E-state index in [0.29, 0.717) is 17.8 Å². The minimum absolute atomic E-state index is 0.0670. The van der Waals surface area contributed by atoms with Gasteiger partial charge in [-0.1, -0.05) is 18.2 Å². The first kappa shape index (κ1) is 22.9. The molecule has 0 saturated heterocycles. The van der Waals surface area contributed by atoms with E-state index < -0.39 is 10.0 Å². The van der Waals surface area contributed by atoms with Crippen LogP contribution in [-0.4, -0.2) is 40.5 Å². The molecule has 6 nitrogen and oxygen atoms in total. The van der Waals surface area contributed by atoms with Crippen LogP contribution in [0.5, 0.6) is 0 Å². The third-order valence-corrected chi connectivity index (χ3v) is 6.44. The van der Waals surface area contributed by atoms with Crippen molar-refractivity contribution in [2.45, 2.75) is 39.0 Å². The van der Waals surface area contributed by atoms with Crippen LogP contribution in [0.1, 0.15) is 41.8 Å². The van der Waals surface area contributed by atoms with Crippen molar-refractivity contribution >= 4 is 21.6 Å². The summed E-state index contributed by atoms with van der Waals surface area (Å²) >= 11 is 0. The largest absolute Gasteiger partial charge is 0.573 e. The first-order valence-electron chi connectivity index (χ1n) is 10.0. The van der Waals surface area contributed by atoms with Gasteiger partial charge in [-0.15, -0.1) is 5.69 Å². The van der Waals surface area contributed by atoms with Crippen molar-refractivity contribution in [1.29, 1.82) is 0 Å². The zero-order chi connectivity index (χ0) is 21.4. The molecule has 0 unspecified atom stereocenters. The number of carbonyl (C=O) groups is 1. The minimum Gasteiger partial charge on any atom is -0.573 e. The molecular weight excluding hydrogens is 386 g/mol. The summed E-state index contributed by atoms with van der Waals surface area (Å²) in [4.78, 5) is 13.8. The van der Waals surface area contributed by atoms with Crippen LogP contribution in [-0.2, 0) is 10.0 Å². The van der Waals surface area contributed by atoms with Crippen molar-refractivity contribution in [3.05, 3.63) is 63.9 Å². The normalized spacial score (nSPS) is 11.5. The molecule has 0 spiro atoms. The number of hydrogen-bond acceptors (Lipinski definition) is 3. The zero-order valence-corrected chi connectivity index (χ0v) is 18.5. The molecule has 0 bridgehead atoms. The van der Waals surface area contributed by atoms with Gasteiger partial charge in [0.15, 0.2) is 0 Å². The fraction of sp³-hybridized carbons (Fsp3) is 0.409. The molecule has 0 radical (unpaired) electrons. The van der Waals surface area contributed by atoms with E-state index in [1.54, 1.807) is 12.1 Å². The maximum absolute atomic E-state index is 12.5. The molecule has 0 heterocycles. The van der Waals surface area contributed by atoms with Gasteiger partial charge in [0.25, 0.3) is 5.91 Å². The Kier molecular flexibility index (Phi) is 8.22. The predicted octanol–water partition coefficient (Wildman–Crippen LogP) is 2.74. The average Bonchev–Trinajstić information content (AvgIpc) is 2.70. The van der Waals surface area contributed by atoms with E-state index in [2.05, 4.69) is 23.9 Å². The number of amides is 1. The Morgan fingerprint density at radius 1 is 1.00 bits per heavy atom. The number of quaternary nitrogens is 1. The monoisotopic (exact) mass is 417 g/mol.